The molecular formula is C22H25ClN2O2. The smallest absolute Gasteiger partial charge is 0.225 e. The van der Waals surface area contributed by atoms with Crippen molar-refractivity contribution >= 4 is 23.4 Å². The minimum Gasteiger partial charge on any atom is -0.339 e. The van der Waals surface area contributed by atoms with Crippen molar-refractivity contribution in [1.29, 1.82) is 0 Å². The second-order valence-corrected chi connectivity index (χ2v) is 7.55. The van der Waals surface area contributed by atoms with Crippen molar-refractivity contribution in [1.82, 2.24) is 9.80 Å². The largest absolute Gasteiger partial charge is 0.339 e. The Hall–Kier alpha value is -2.33. The lowest BCUT2D eigenvalue weighted by Crippen LogP contribution is -2.41. The van der Waals surface area contributed by atoms with Gasteiger partial charge in [0.1, 0.15) is 0 Å². The first-order valence-corrected chi connectivity index (χ1v) is 9.62. The van der Waals surface area contributed by atoms with Gasteiger partial charge in [-0.3, -0.25) is 9.59 Å². The first kappa shape index (κ1) is 19.4. The zero-order chi connectivity index (χ0) is 19.6. The highest BCUT2D eigenvalue weighted by atomic mass is 35.5. The van der Waals surface area contributed by atoms with Gasteiger partial charge in [0.2, 0.25) is 11.8 Å². The highest BCUT2D eigenvalue weighted by molar-refractivity contribution is 6.30. The van der Waals surface area contributed by atoms with E-state index in [2.05, 4.69) is 6.07 Å². The monoisotopic (exact) mass is 384 g/mol. The third-order valence-corrected chi connectivity index (χ3v) is 5.73. The molecule has 0 radical (unpaired) electrons. The molecule has 27 heavy (non-hydrogen) atoms. The molecule has 0 bridgehead atoms. The summed E-state index contributed by atoms with van der Waals surface area (Å²) in [5, 5.41) is 0.657. The molecule has 2 atom stereocenters. The molecule has 5 heteroatoms. The van der Waals surface area contributed by atoms with Crippen LogP contribution in [-0.2, 0) is 16.0 Å². The number of benzene rings is 2. The van der Waals surface area contributed by atoms with E-state index in [9.17, 15) is 9.59 Å². The molecule has 0 aromatic heterocycles. The van der Waals surface area contributed by atoms with Crippen molar-refractivity contribution in [2.45, 2.75) is 38.8 Å². The fourth-order valence-corrected chi connectivity index (χ4v) is 3.96. The molecule has 0 saturated heterocycles. The van der Waals surface area contributed by atoms with E-state index in [1.165, 1.54) is 5.56 Å². The molecule has 2 aromatic carbocycles. The van der Waals surface area contributed by atoms with Crippen LogP contribution in [0.15, 0.2) is 48.5 Å². The molecule has 0 saturated carbocycles. The number of halogens is 1. The molecule has 1 aliphatic rings. The summed E-state index contributed by atoms with van der Waals surface area (Å²) in [4.78, 5) is 28.7. The number of hydrogen-bond donors (Lipinski definition) is 0. The van der Waals surface area contributed by atoms with Gasteiger partial charge in [-0.05, 0) is 42.2 Å². The average Bonchev–Trinajstić information content (AvgIpc) is 2.66. The number of carbonyl (C=O) groups excluding carboxylic acids is 2. The number of nitrogens with zero attached hydrogens (tertiary/aromatic N) is 2. The maximum absolute atomic E-state index is 13.0. The molecule has 0 aliphatic carbocycles. The van der Waals surface area contributed by atoms with Crippen molar-refractivity contribution < 1.29 is 9.59 Å². The summed E-state index contributed by atoms with van der Waals surface area (Å²) < 4.78 is 0. The Morgan fingerprint density at radius 3 is 2.67 bits per heavy atom. The van der Waals surface area contributed by atoms with Gasteiger partial charge in [0, 0.05) is 25.5 Å². The highest BCUT2D eigenvalue weighted by Crippen LogP contribution is 2.33. The van der Waals surface area contributed by atoms with Gasteiger partial charge in [-0.25, -0.2) is 0 Å². The van der Waals surface area contributed by atoms with Gasteiger partial charge in [0.15, 0.2) is 0 Å². The van der Waals surface area contributed by atoms with Crippen molar-refractivity contribution in [3.63, 3.8) is 0 Å². The SMILES string of the molecule is CC(=O)N1CCc2ccccc2C1CC(=O)N(C)C(C)c1cccc(Cl)c1. The fraction of sp³-hybridized carbons (Fsp3) is 0.364. The molecule has 4 nitrogen and oxygen atoms in total. The van der Waals surface area contributed by atoms with E-state index in [-0.39, 0.29) is 30.3 Å². The summed E-state index contributed by atoms with van der Waals surface area (Å²) in [6.07, 6.45) is 1.10. The second kappa shape index (κ2) is 8.13. The second-order valence-electron chi connectivity index (χ2n) is 7.12. The van der Waals surface area contributed by atoms with Gasteiger partial charge in [-0.1, -0.05) is 48.0 Å². The standard InChI is InChI=1S/C22H25ClN2O2/c1-15(18-8-6-9-19(23)13-18)24(3)22(27)14-21-20-10-5-4-7-17(20)11-12-25(21)16(2)26/h4-10,13,15,21H,11-12,14H2,1-3H3. The molecule has 0 N–H and O–H groups in total. The first-order valence-electron chi connectivity index (χ1n) is 9.24. The maximum Gasteiger partial charge on any atom is 0.225 e. The lowest BCUT2D eigenvalue weighted by molar-refractivity contribution is -0.137. The summed E-state index contributed by atoms with van der Waals surface area (Å²) in [6.45, 7) is 4.21. The number of amides is 2. The minimum atomic E-state index is -0.214. The van der Waals surface area contributed by atoms with Crippen LogP contribution in [0.3, 0.4) is 0 Å². The van der Waals surface area contributed by atoms with Gasteiger partial charge in [-0.2, -0.15) is 0 Å². The third kappa shape index (κ3) is 4.16. The molecule has 1 aliphatic heterocycles. The Balaban J connectivity index is 1.81. The number of rotatable bonds is 4. The normalized spacial score (nSPS) is 17.2. The van der Waals surface area contributed by atoms with Gasteiger partial charge in [-0.15, -0.1) is 0 Å². The Labute approximate surface area is 165 Å². The van der Waals surface area contributed by atoms with Crippen LogP contribution in [0, 0.1) is 0 Å². The fourth-order valence-electron chi connectivity index (χ4n) is 3.76. The Kier molecular flexibility index (Phi) is 5.85. The molecule has 2 aromatic rings. The summed E-state index contributed by atoms with van der Waals surface area (Å²) in [6, 6.07) is 15.4. The van der Waals surface area contributed by atoms with Gasteiger partial charge >= 0.3 is 0 Å². The van der Waals surface area contributed by atoms with Crippen LogP contribution in [0.2, 0.25) is 5.02 Å². The van der Waals surface area contributed by atoms with E-state index < -0.39 is 0 Å². The van der Waals surface area contributed by atoms with Crippen molar-refractivity contribution in [2.75, 3.05) is 13.6 Å². The number of hydrogen-bond acceptors (Lipinski definition) is 2. The Morgan fingerprint density at radius 1 is 1.22 bits per heavy atom. The van der Waals surface area contributed by atoms with E-state index in [0.29, 0.717) is 11.6 Å². The van der Waals surface area contributed by atoms with Gasteiger partial charge < -0.3 is 9.80 Å². The predicted molar refractivity (Wildman–Crippen MR) is 108 cm³/mol. The molecule has 0 fully saturated rings. The number of carbonyl (C=O) groups is 2. The zero-order valence-electron chi connectivity index (χ0n) is 16.0. The van der Waals surface area contributed by atoms with Crippen LogP contribution in [-0.4, -0.2) is 35.2 Å². The molecule has 1 heterocycles. The minimum absolute atomic E-state index is 0.00726. The van der Waals surface area contributed by atoms with E-state index in [0.717, 1.165) is 17.5 Å². The van der Waals surface area contributed by atoms with Crippen LogP contribution in [0.1, 0.15) is 49.0 Å². The van der Waals surface area contributed by atoms with E-state index in [1.807, 2.05) is 54.3 Å². The maximum atomic E-state index is 13.0. The summed E-state index contributed by atoms with van der Waals surface area (Å²) >= 11 is 6.09. The van der Waals surface area contributed by atoms with Crippen molar-refractivity contribution in [3.05, 3.63) is 70.2 Å². The Morgan fingerprint density at radius 2 is 1.96 bits per heavy atom. The lowest BCUT2D eigenvalue weighted by atomic mass is 9.90. The average molecular weight is 385 g/mol. The van der Waals surface area contributed by atoms with E-state index in [4.69, 9.17) is 11.6 Å². The van der Waals surface area contributed by atoms with Crippen LogP contribution in [0.4, 0.5) is 0 Å². The lowest BCUT2D eigenvalue weighted by Gasteiger charge is -2.38. The van der Waals surface area contributed by atoms with Gasteiger partial charge in [0.05, 0.1) is 18.5 Å². The van der Waals surface area contributed by atoms with Crippen molar-refractivity contribution in [3.8, 4) is 0 Å². The summed E-state index contributed by atoms with van der Waals surface area (Å²) in [5.41, 5.74) is 3.29. The predicted octanol–water partition coefficient (Wildman–Crippen LogP) is 4.40. The van der Waals surface area contributed by atoms with E-state index >= 15 is 0 Å². The Bertz CT molecular complexity index is 852. The first-order chi connectivity index (χ1) is 12.9. The summed E-state index contributed by atoms with van der Waals surface area (Å²) in [7, 11) is 1.81. The molecular weight excluding hydrogens is 360 g/mol. The molecule has 3 rings (SSSR count). The summed E-state index contributed by atoms with van der Waals surface area (Å²) in [5.74, 6) is 0.0169. The number of fused-ring (bicyclic) bond motifs is 1. The van der Waals surface area contributed by atoms with Gasteiger partial charge in [0.25, 0.3) is 0 Å². The van der Waals surface area contributed by atoms with Crippen LogP contribution in [0.25, 0.3) is 0 Å². The van der Waals surface area contributed by atoms with Crippen LogP contribution < -0.4 is 0 Å². The van der Waals surface area contributed by atoms with E-state index in [1.54, 1.807) is 18.9 Å². The molecule has 0 spiro atoms. The van der Waals surface area contributed by atoms with Crippen LogP contribution in [0.5, 0.6) is 0 Å². The molecule has 2 unspecified atom stereocenters. The zero-order valence-corrected chi connectivity index (χ0v) is 16.7. The quantitative estimate of drug-likeness (QED) is 0.784. The van der Waals surface area contributed by atoms with Crippen molar-refractivity contribution in [2.24, 2.45) is 0 Å². The molecule has 142 valence electrons. The topological polar surface area (TPSA) is 40.6 Å². The van der Waals surface area contributed by atoms with Crippen LogP contribution >= 0.6 is 11.6 Å². The molecule has 2 amide bonds. The third-order valence-electron chi connectivity index (χ3n) is 5.49. The highest BCUT2D eigenvalue weighted by Gasteiger charge is 2.32.